The van der Waals surface area contributed by atoms with Gasteiger partial charge < -0.3 is 5.32 Å². The summed E-state index contributed by atoms with van der Waals surface area (Å²) in [5, 5.41) is 4.99. The summed E-state index contributed by atoms with van der Waals surface area (Å²) in [5.41, 5.74) is 1.68. The van der Waals surface area contributed by atoms with Crippen LogP contribution in [0.4, 0.5) is 0 Å². The van der Waals surface area contributed by atoms with Gasteiger partial charge in [0.25, 0.3) is 5.56 Å². The van der Waals surface area contributed by atoms with Crippen LogP contribution >= 0.6 is 11.3 Å². The van der Waals surface area contributed by atoms with Gasteiger partial charge in [0.1, 0.15) is 0 Å². The monoisotopic (exact) mass is 362 g/mol. The van der Waals surface area contributed by atoms with E-state index in [2.05, 4.69) is 29.0 Å². The first kappa shape index (κ1) is 18.1. The van der Waals surface area contributed by atoms with Gasteiger partial charge in [0.05, 0.1) is 11.6 Å². The minimum Gasteiger partial charge on any atom is -0.356 e. The van der Waals surface area contributed by atoms with Crippen LogP contribution in [0.3, 0.4) is 0 Å². The molecule has 1 amide bonds. The maximum Gasteiger partial charge on any atom is 0.259 e. The number of aromatic nitrogens is 2. The van der Waals surface area contributed by atoms with E-state index in [0.717, 1.165) is 48.8 Å². The molecule has 6 nitrogen and oxygen atoms in total. The zero-order valence-electron chi connectivity index (χ0n) is 15.1. The molecule has 2 aromatic heterocycles. The average Bonchev–Trinajstić information content (AvgIpc) is 2.94. The van der Waals surface area contributed by atoms with Gasteiger partial charge in [-0.3, -0.25) is 18.9 Å². The Balaban J connectivity index is 1.66. The van der Waals surface area contributed by atoms with Crippen molar-refractivity contribution in [3.8, 4) is 0 Å². The molecule has 1 saturated heterocycles. The Morgan fingerprint density at radius 3 is 3.04 bits per heavy atom. The lowest BCUT2D eigenvalue weighted by Crippen LogP contribution is -2.43. The van der Waals surface area contributed by atoms with Crippen LogP contribution in [0.5, 0.6) is 0 Å². The van der Waals surface area contributed by atoms with E-state index in [1.54, 1.807) is 10.5 Å². The zero-order chi connectivity index (χ0) is 18.0. The second-order valence-corrected chi connectivity index (χ2v) is 8.13. The molecule has 0 spiro atoms. The molecule has 1 aliphatic heterocycles. The van der Waals surface area contributed by atoms with Gasteiger partial charge in [-0.2, -0.15) is 0 Å². The van der Waals surface area contributed by atoms with Gasteiger partial charge in [0.15, 0.2) is 4.96 Å². The van der Waals surface area contributed by atoms with Gasteiger partial charge in [0.2, 0.25) is 5.91 Å². The van der Waals surface area contributed by atoms with E-state index in [1.165, 1.54) is 11.3 Å². The quantitative estimate of drug-likeness (QED) is 0.884. The van der Waals surface area contributed by atoms with Crippen molar-refractivity contribution in [3.63, 3.8) is 0 Å². The molecule has 25 heavy (non-hydrogen) atoms. The van der Waals surface area contributed by atoms with E-state index in [-0.39, 0.29) is 17.4 Å². The molecule has 1 aliphatic rings. The number of aryl methyl sites for hydroxylation is 1. The number of piperidine rings is 1. The number of amides is 1. The SMILES string of the molecule is Cc1csc2nc(CN3CCCC(C(=O)NCC(C)C)C3)cc(=O)n12. The second kappa shape index (κ2) is 7.66. The molecule has 1 atom stereocenters. The van der Waals surface area contributed by atoms with Gasteiger partial charge in [-0.25, -0.2) is 4.98 Å². The molecule has 1 N–H and O–H groups in total. The first-order chi connectivity index (χ1) is 11.9. The number of fused-ring (bicyclic) bond motifs is 1. The number of nitrogens with zero attached hydrogens (tertiary/aromatic N) is 3. The lowest BCUT2D eigenvalue weighted by molar-refractivity contribution is -0.126. The topological polar surface area (TPSA) is 66.7 Å². The molecule has 3 rings (SSSR count). The highest BCUT2D eigenvalue weighted by Crippen LogP contribution is 2.19. The van der Waals surface area contributed by atoms with Crippen LogP contribution in [-0.4, -0.2) is 39.8 Å². The van der Waals surface area contributed by atoms with E-state index in [1.807, 2.05) is 12.3 Å². The summed E-state index contributed by atoms with van der Waals surface area (Å²) in [7, 11) is 0. The van der Waals surface area contributed by atoms with Gasteiger partial charge in [-0.1, -0.05) is 13.8 Å². The van der Waals surface area contributed by atoms with Crippen LogP contribution in [0.2, 0.25) is 0 Å². The number of likely N-dealkylation sites (tertiary alicyclic amines) is 1. The summed E-state index contributed by atoms with van der Waals surface area (Å²) in [6.07, 6.45) is 1.93. The van der Waals surface area contributed by atoms with Crippen LogP contribution in [0, 0.1) is 18.8 Å². The number of hydrogen-bond donors (Lipinski definition) is 1. The lowest BCUT2D eigenvalue weighted by atomic mass is 9.97. The van der Waals surface area contributed by atoms with E-state index in [9.17, 15) is 9.59 Å². The maximum absolute atomic E-state index is 12.3. The van der Waals surface area contributed by atoms with Crippen molar-refractivity contribution in [2.24, 2.45) is 11.8 Å². The molecule has 0 aliphatic carbocycles. The average molecular weight is 362 g/mol. The van der Waals surface area contributed by atoms with Crippen molar-refractivity contribution in [1.29, 1.82) is 0 Å². The number of rotatable bonds is 5. The Bertz CT molecular complexity index is 811. The second-order valence-electron chi connectivity index (χ2n) is 7.29. The summed E-state index contributed by atoms with van der Waals surface area (Å²) < 4.78 is 1.65. The largest absolute Gasteiger partial charge is 0.356 e. The Hall–Kier alpha value is -1.73. The molecule has 1 unspecified atom stereocenters. The Kier molecular flexibility index (Phi) is 5.54. The summed E-state index contributed by atoms with van der Waals surface area (Å²) in [4.78, 5) is 32.2. The smallest absolute Gasteiger partial charge is 0.259 e. The highest BCUT2D eigenvalue weighted by atomic mass is 32.1. The van der Waals surface area contributed by atoms with E-state index in [0.29, 0.717) is 12.5 Å². The fraction of sp³-hybridized carbons (Fsp3) is 0.611. The normalized spacial score (nSPS) is 18.8. The Labute approximate surface area is 151 Å². The van der Waals surface area contributed by atoms with Gasteiger partial charge >= 0.3 is 0 Å². The van der Waals surface area contributed by atoms with Crippen LogP contribution < -0.4 is 10.9 Å². The minimum absolute atomic E-state index is 0.0259. The van der Waals surface area contributed by atoms with Crippen molar-refractivity contribution in [2.45, 2.75) is 40.2 Å². The molecule has 0 radical (unpaired) electrons. The van der Waals surface area contributed by atoms with Crippen molar-refractivity contribution in [2.75, 3.05) is 19.6 Å². The Morgan fingerprint density at radius 1 is 1.48 bits per heavy atom. The third-order valence-electron chi connectivity index (χ3n) is 4.58. The molecule has 0 aromatic carbocycles. The van der Waals surface area contributed by atoms with Crippen molar-refractivity contribution >= 4 is 22.2 Å². The Morgan fingerprint density at radius 2 is 2.28 bits per heavy atom. The first-order valence-electron chi connectivity index (χ1n) is 8.91. The highest BCUT2D eigenvalue weighted by Gasteiger charge is 2.26. The maximum atomic E-state index is 12.3. The molecule has 0 saturated carbocycles. The van der Waals surface area contributed by atoms with E-state index < -0.39 is 0 Å². The van der Waals surface area contributed by atoms with Gasteiger partial charge in [-0.15, -0.1) is 11.3 Å². The summed E-state index contributed by atoms with van der Waals surface area (Å²) in [6.45, 7) is 9.13. The number of hydrogen-bond acceptors (Lipinski definition) is 5. The molecule has 2 aromatic rings. The van der Waals surface area contributed by atoms with Crippen LogP contribution in [0.1, 0.15) is 38.1 Å². The van der Waals surface area contributed by atoms with Crippen LogP contribution in [0.25, 0.3) is 4.96 Å². The van der Waals surface area contributed by atoms with Gasteiger partial charge in [-0.05, 0) is 32.2 Å². The predicted octanol–water partition coefficient (Wildman–Crippen LogP) is 2.05. The van der Waals surface area contributed by atoms with Crippen LogP contribution in [-0.2, 0) is 11.3 Å². The van der Waals surface area contributed by atoms with Crippen molar-refractivity contribution in [1.82, 2.24) is 19.6 Å². The van der Waals surface area contributed by atoms with E-state index >= 15 is 0 Å². The fourth-order valence-electron chi connectivity index (χ4n) is 3.27. The molecule has 1 fully saturated rings. The lowest BCUT2D eigenvalue weighted by Gasteiger charge is -2.31. The molecule has 7 heteroatoms. The van der Waals surface area contributed by atoms with Crippen molar-refractivity contribution < 1.29 is 4.79 Å². The van der Waals surface area contributed by atoms with Crippen LogP contribution in [0.15, 0.2) is 16.2 Å². The summed E-state index contributed by atoms with van der Waals surface area (Å²) >= 11 is 1.49. The molecular formula is C18H26N4O2S. The minimum atomic E-state index is -0.0259. The molecule has 0 bridgehead atoms. The third-order valence-corrected chi connectivity index (χ3v) is 5.52. The number of thiazole rings is 1. The summed E-state index contributed by atoms with van der Waals surface area (Å²) in [5.74, 6) is 0.638. The van der Waals surface area contributed by atoms with E-state index in [4.69, 9.17) is 0 Å². The molecule has 136 valence electrons. The van der Waals surface area contributed by atoms with Gasteiger partial charge in [0, 0.05) is 36.8 Å². The summed E-state index contributed by atoms with van der Waals surface area (Å²) in [6, 6.07) is 1.62. The number of nitrogens with one attached hydrogen (secondary N) is 1. The first-order valence-corrected chi connectivity index (χ1v) is 9.79. The van der Waals surface area contributed by atoms with Crippen molar-refractivity contribution in [3.05, 3.63) is 33.2 Å². The zero-order valence-corrected chi connectivity index (χ0v) is 15.9. The molecule has 3 heterocycles. The number of carbonyl (C=O) groups is 1. The number of carbonyl (C=O) groups excluding carboxylic acids is 1. The third kappa shape index (κ3) is 4.27. The fourth-order valence-corrected chi connectivity index (χ4v) is 4.16. The highest BCUT2D eigenvalue weighted by molar-refractivity contribution is 7.15. The molecular weight excluding hydrogens is 336 g/mol. The standard InChI is InChI=1S/C18H26N4O2S/c1-12(2)8-19-17(24)14-5-4-6-21(9-14)10-15-7-16(23)22-13(3)11-25-18(22)20-15/h7,11-12,14H,4-6,8-10H2,1-3H3,(H,19,24). The predicted molar refractivity (Wildman–Crippen MR) is 99.9 cm³/mol.